The fourth-order valence-electron chi connectivity index (χ4n) is 4.65. The van der Waals surface area contributed by atoms with E-state index in [4.69, 9.17) is 0 Å². The van der Waals surface area contributed by atoms with Crippen molar-refractivity contribution < 1.29 is 28.9 Å². The summed E-state index contributed by atoms with van der Waals surface area (Å²) in [5.41, 5.74) is 0. The molecule has 0 radical (unpaired) electrons. The van der Waals surface area contributed by atoms with Crippen LogP contribution in [0.5, 0.6) is 0 Å². The van der Waals surface area contributed by atoms with Crippen LogP contribution in [0.3, 0.4) is 0 Å². The minimum atomic E-state index is -0.640. The number of nitrogens with zero attached hydrogens (tertiary/aromatic N) is 2. The number of hydrogen-bond acceptors (Lipinski definition) is 5. The number of imide groups is 2. The lowest BCUT2D eigenvalue weighted by Crippen LogP contribution is -2.66. The molecule has 2 fully saturated rings. The van der Waals surface area contributed by atoms with Crippen LogP contribution in [0.2, 0.25) is 0 Å². The fraction of sp³-hybridized carbons (Fsp3) is 0.800. The van der Waals surface area contributed by atoms with E-state index in [1.807, 2.05) is 6.92 Å². The number of carbonyl (C=O) groups excluding carboxylic acids is 4. The van der Waals surface area contributed by atoms with Crippen LogP contribution in [0.4, 0.5) is 4.79 Å². The number of nitrogens with one attached hydrogen (secondary N) is 1. The highest BCUT2D eigenvalue weighted by atomic mass is 16.5. The first-order valence-corrected chi connectivity index (χ1v) is 10.4. The second-order valence-corrected chi connectivity index (χ2v) is 8.68. The van der Waals surface area contributed by atoms with Crippen molar-refractivity contribution in [3.05, 3.63) is 0 Å². The minimum Gasteiger partial charge on any atom is -0.286 e. The van der Waals surface area contributed by atoms with Gasteiger partial charge in [-0.3, -0.25) is 14.8 Å². The van der Waals surface area contributed by atoms with Gasteiger partial charge in [-0.1, -0.05) is 39.5 Å². The number of likely N-dealkylation sites (tertiary alicyclic amines) is 1. The second-order valence-electron chi connectivity index (χ2n) is 8.68. The van der Waals surface area contributed by atoms with E-state index < -0.39 is 22.3 Å². The number of rotatable bonds is 7. The van der Waals surface area contributed by atoms with E-state index in [0.29, 0.717) is 36.8 Å². The third kappa shape index (κ3) is 4.78. The highest BCUT2D eigenvalue weighted by molar-refractivity contribution is 5.96. The Morgan fingerprint density at radius 3 is 2.32 bits per heavy atom. The SMILES string of the molecule is CC(C)C(=O)NC(=O)[N+]1(C(=O)[C@H](CC2CCCC2)CN(O)C=O)CCC[C@H]1C. The lowest BCUT2D eigenvalue weighted by atomic mass is 9.91. The normalized spacial score (nSPS) is 26.2. The first kappa shape index (κ1) is 22.5. The Morgan fingerprint density at radius 2 is 1.82 bits per heavy atom. The molecule has 5 amide bonds. The van der Waals surface area contributed by atoms with Gasteiger partial charge >= 0.3 is 11.9 Å². The van der Waals surface area contributed by atoms with Crippen LogP contribution in [-0.4, -0.2) is 58.1 Å². The van der Waals surface area contributed by atoms with Crippen molar-refractivity contribution in [2.75, 3.05) is 13.1 Å². The summed E-state index contributed by atoms with van der Waals surface area (Å²) < 4.78 is -0.428. The van der Waals surface area contributed by atoms with Crippen LogP contribution in [0.1, 0.15) is 65.7 Å². The van der Waals surface area contributed by atoms with Crippen molar-refractivity contribution in [1.82, 2.24) is 10.4 Å². The summed E-state index contributed by atoms with van der Waals surface area (Å²) in [4.78, 5) is 49.8. The molecule has 1 saturated carbocycles. The molecule has 158 valence electrons. The summed E-state index contributed by atoms with van der Waals surface area (Å²) >= 11 is 0. The quantitative estimate of drug-likeness (QED) is 0.298. The monoisotopic (exact) mass is 396 g/mol. The highest BCUT2D eigenvalue weighted by Crippen LogP contribution is 2.35. The van der Waals surface area contributed by atoms with Gasteiger partial charge in [0.2, 0.25) is 12.3 Å². The molecule has 8 heteroatoms. The maximum atomic E-state index is 13.7. The van der Waals surface area contributed by atoms with Gasteiger partial charge in [0.15, 0.2) is 0 Å². The van der Waals surface area contributed by atoms with E-state index in [1.54, 1.807) is 13.8 Å². The number of carbonyl (C=O) groups is 4. The Labute approximate surface area is 166 Å². The molecule has 1 aliphatic heterocycles. The van der Waals surface area contributed by atoms with Crippen LogP contribution in [0.15, 0.2) is 0 Å². The molecule has 3 atom stereocenters. The molecule has 1 saturated heterocycles. The third-order valence-corrected chi connectivity index (χ3v) is 6.37. The maximum Gasteiger partial charge on any atom is 0.430 e. The van der Waals surface area contributed by atoms with Gasteiger partial charge in [-0.25, -0.2) is 20.0 Å². The summed E-state index contributed by atoms with van der Waals surface area (Å²) in [6, 6.07) is -0.831. The molecule has 2 rings (SSSR count). The molecule has 1 aliphatic carbocycles. The molecular weight excluding hydrogens is 362 g/mol. The largest absolute Gasteiger partial charge is 0.430 e. The van der Waals surface area contributed by atoms with Crippen LogP contribution in [0, 0.1) is 17.8 Å². The van der Waals surface area contributed by atoms with Gasteiger partial charge in [-0.15, -0.1) is 0 Å². The Balaban J connectivity index is 2.29. The summed E-state index contributed by atoms with van der Waals surface area (Å²) in [5.74, 6) is -1.36. The van der Waals surface area contributed by atoms with E-state index in [0.717, 1.165) is 25.7 Å². The van der Waals surface area contributed by atoms with Gasteiger partial charge in [-0.2, -0.15) is 4.48 Å². The predicted molar refractivity (Wildman–Crippen MR) is 102 cm³/mol. The van der Waals surface area contributed by atoms with Crippen molar-refractivity contribution in [2.45, 2.75) is 71.8 Å². The number of hydroxylamine groups is 2. The fourth-order valence-corrected chi connectivity index (χ4v) is 4.65. The molecule has 8 nitrogen and oxygen atoms in total. The van der Waals surface area contributed by atoms with Crippen molar-refractivity contribution in [3.8, 4) is 0 Å². The van der Waals surface area contributed by atoms with Crippen LogP contribution >= 0.6 is 0 Å². The molecule has 1 unspecified atom stereocenters. The third-order valence-electron chi connectivity index (χ3n) is 6.37. The van der Waals surface area contributed by atoms with Crippen molar-refractivity contribution >= 4 is 24.3 Å². The van der Waals surface area contributed by atoms with E-state index in [9.17, 15) is 24.4 Å². The van der Waals surface area contributed by atoms with Gasteiger partial charge < -0.3 is 0 Å². The number of hydrogen-bond donors (Lipinski definition) is 2. The number of quaternary nitrogens is 1. The Hall–Kier alpha value is -1.80. The molecule has 1 heterocycles. The molecule has 0 aromatic rings. The Morgan fingerprint density at radius 1 is 1.18 bits per heavy atom. The Kier molecular flexibility index (Phi) is 7.71. The van der Waals surface area contributed by atoms with Crippen molar-refractivity contribution in [1.29, 1.82) is 0 Å². The number of amides is 5. The topological polar surface area (TPSA) is 104 Å². The zero-order valence-corrected chi connectivity index (χ0v) is 17.2. The predicted octanol–water partition coefficient (Wildman–Crippen LogP) is 2.45. The summed E-state index contributed by atoms with van der Waals surface area (Å²) in [7, 11) is 0. The Bertz CT molecular complexity index is 603. The van der Waals surface area contributed by atoms with Crippen LogP contribution < -0.4 is 5.32 Å². The van der Waals surface area contributed by atoms with E-state index in [1.165, 1.54) is 0 Å². The molecule has 28 heavy (non-hydrogen) atoms. The van der Waals surface area contributed by atoms with Gasteiger partial charge in [0, 0.05) is 18.8 Å². The van der Waals surface area contributed by atoms with Crippen molar-refractivity contribution in [3.63, 3.8) is 0 Å². The van der Waals surface area contributed by atoms with Crippen molar-refractivity contribution in [2.24, 2.45) is 17.8 Å². The zero-order chi connectivity index (χ0) is 20.9. The van der Waals surface area contributed by atoms with E-state index in [-0.39, 0.29) is 30.8 Å². The molecule has 2 aliphatic rings. The number of urea groups is 1. The molecule has 0 aromatic carbocycles. The maximum absolute atomic E-state index is 13.7. The van der Waals surface area contributed by atoms with Crippen LogP contribution in [-0.2, 0) is 14.4 Å². The van der Waals surface area contributed by atoms with Gasteiger partial charge in [-0.05, 0) is 19.3 Å². The van der Waals surface area contributed by atoms with E-state index >= 15 is 0 Å². The first-order chi connectivity index (χ1) is 13.2. The average molecular weight is 397 g/mol. The standard InChI is InChI=1S/C20H33N3O5/c1-14(2)18(25)21-20(27)23(10-6-7-15(23)3)19(26)17(12-22(28)13-24)11-16-8-4-5-9-16/h13-17,28H,4-12H2,1-3H3/p+1/t15-,17-,23?/m1/s1. The molecule has 0 bridgehead atoms. The lowest BCUT2D eigenvalue weighted by molar-refractivity contribution is -0.786. The molecular formula is C20H34N3O5+. The smallest absolute Gasteiger partial charge is 0.286 e. The van der Waals surface area contributed by atoms with Gasteiger partial charge in [0.25, 0.3) is 0 Å². The summed E-state index contributed by atoms with van der Waals surface area (Å²) in [6.45, 7) is 5.45. The van der Waals surface area contributed by atoms with Crippen LogP contribution in [0.25, 0.3) is 0 Å². The molecule has 0 aromatic heterocycles. The van der Waals surface area contributed by atoms with Gasteiger partial charge in [0.05, 0.1) is 19.0 Å². The lowest BCUT2D eigenvalue weighted by Gasteiger charge is -2.36. The molecule has 2 N–H and O–H groups in total. The zero-order valence-electron chi connectivity index (χ0n) is 17.2. The first-order valence-electron chi connectivity index (χ1n) is 10.4. The minimum absolute atomic E-state index is 0.128. The molecule has 0 spiro atoms. The van der Waals surface area contributed by atoms with E-state index in [2.05, 4.69) is 5.32 Å². The summed E-state index contributed by atoms with van der Waals surface area (Å²) in [5, 5.41) is 12.7. The second kappa shape index (κ2) is 9.60. The van der Waals surface area contributed by atoms with Gasteiger partial charge in [0.1, 0.15) is 6.04 Å². The summed E-state index contributed by atoms with van der Waals surface area (Å²) in [6.07, 6.45) is 6.51. The average Bonchev–Trinajstić information content (AvgIpc) is 3.30. The highest BCUT2D eigenvalue weighted by Gasteiger charge is 2.55.